The van der Waals surface area contributed by atoms with Crippen LogP contribution in [0.25, 0.3) is 0 Å². The van der Waals surface area contributed by atoms with E-state index in [1.807, 2.05) is 0 Å². The third kappa shape index (κ3) is 2.73. The summed E-state index contributed by atoms with van der Waals surface area (Å²) in [6.07, 6.45) is 6.53. The van der Waals surface area contributed by atoms with E-state index in [-0.39, 0.29) is 0 Å². The standard InChI is InChI=1S/C12H23NO/c1-4-5-9-12(14)13-10(2)7-6-8-11(13)3/h10-11H,4-9H2,1-3H3/t10-,11+. The quantitative estimate of drug-likeness (QED) is 0.681. The maximum atomic E-state index is 11.9. The lowest BCUT2D eigenvalue weighted by atomic mass is 9.97. The van der Waals surface area contributed by atoms with Gasteiger partial charge in [-0.25, -0.2) is 0 Å². The number of carbonyl (C=O) groups excluding carboxylic acids is 1. The zero-order valence-corrected chi connectivity index (χ0v) is 9.75. The minimum Gasteiger partial charge on any atom is -0.337 e. The molecule has 14 heavy (non-hydrogen) atoms. The number of hydrogen-bond donors (Lipinski definition) is 0. The molecule has 1 amide bonds. The highest BCUT2D eigenvalue weighted by atomic mass is 16.2. The summed E-state index contributed by atoms with van der Waals surface area (Å²) in [5, 5.41) is 0. The van der Waals surface area contributed by atoms with Gasteiger partial charge in [-0.3, -0.25) is 4.79 Å². The van der Waals surface area contributed by atoms with E-state index in [1.165, 1.54) is 19.3 Å². The smallest absolute Gasteiger partial charge is 0.223 e. The third-order valence-corrected chi connectivity index (χ3v) is 3.23. The van der Waals surface area contributed by atoms with E-state index in [0.29, 0.717) is 18.0 Å². The molecule has 0 aromatic heterocycles. The molecule has 82 valence electrons. The highest BCUT2D eigenvalue weighted by molar-refractivity contribution is 5.76. The van der Waals surface area contributed by atoms with E-state index in [4.69, 9.17) is 0 Å². The molecule has 0 aromatic carbocycles. The van der Waals surface area contributed by atoms with Crippen LogP contribution in [0.5, 0.6) is 0 Å². The van der Waals surface area contributed by atoms with Gasteiger partial charge < -0.3 is 4.90 Å². The van der Waals surface area contributed by atoms with Crippen LogP contribution in [0, 0.1) is 0 Å². The monoisotopic (exact) mass is 197 g/mol. The minimum atomic E-state index is 0.367. The number of nitrogens with zero attached hydrogens (tertiary/aromatic N) is 1. The SMILES string of the molecule is CCCCC(=O)N1[C@H](C)CCC[C@@H]1C. The molecule has 1 fully saturated rings. The molecule has 0 spiro atoms. The van der Waals surface area contributed by atoms with Crippen LogP contribution in [0.2, 0.25) is 0 Å². The van der Waals surface area contributed by atoms with E-state index in [1.54, 1.807) is 0 Å². The van der Waals surface area contributed by atoms with E-state index < -0.39 is 0 Å². The lowest BCUT2D eigenvalue weighted by molar-refractivity contribution is -0.137. The van der Waals surface area contributed by atoms with Crippen LogP contribution in [0.15, 0.2) is 0 Å². The Balaban J connectivity index is 2.49. The van der Waals surface area contributed by atoms with E-state index >= 15 is 0 Å². The summed E-state index contributed by atoms with van der Waals surface area (Å²) in [7, 11) is 0. The van der Waals surface area contributed by atoms with Gasteiger partial charge in [-0.15, -0.1) is 0 Å². The second-order valence-electron chi connectivity index (χ2n) is 4.53. The average molecular weight is 197 g/mol. The lowest BCUT2D eigenvalue weighted by Gasteiger charge is -2.39. The average Bonchev–Trinajstić information content (AvgIpc) is 2.14. The highest BCUT2D eigenvalue weighted by Crippen LogP contribution is 2.23. The third-order valence-electron chi connectivity index (χ3n) is 3.23. The Morgan fingerprint density at radius 2 is 1.86 bits per heavy atom. The first-order valence-electron chi connectivity index (χ1n) is 5.98. The number of carbonyl (C=O) groups is 1. The maximum Gasteiger partial charge on any atom is 0.223 e. The second-order valence-corrected chi connectivity index (χ2v) is 4.53. The normalized spacial score (nSPS) is 27.8. The molecule has 0 bridgehead atoms. The van der Waals surface area contributed by atoms with Crippen molar-refractivity contribution in [1.82, 2.24) is 4.90 Å². The van der Waals surface area contributed by atoms with E-state index in [0.717, 1.165) is 19.3 Å². The fourth-order valence-electron chi connectivity index (χ4n) is 2.37. The predicted octanol–water partition coefficient (Wildman–Crippen LogP) is 2.97. The molecule has 2 atom stereocenters. The Kier molecular flexibility index (Phi) is 4.43. The zero-order valence-electron chi connectivity index (χ0n) is 9.75. The van der Waals surface area contributed by atoms with Crippen LogP contribution in [0.1, 0.15) is 59.3 Å². The van der Waals surface area contributed by atoms with Gasteiger partial charge in [0.2, 0.25) is 5.91 Å². The minimum absolute atomic E-state index is 0.367. The van der Waals surface area contributed by atoms with E-state index in [2.05, 4.69) is 25.7 Å². The van der Waals surface area contributed by atoms with Crippen LogP contribution < -0.4 is 0 Å². The fourth-order valence-corrected chi connectivity index (χ4v) is 2.37. The number of likely N-dealkylation sites (tertiary alicyclic amines) is 1. The van der Waals surface area contributed by atoms with Crippen LogP contribution in [-0.2, 0) is 4.79 Å². The molecule has 0 unspecified atom stereocenters. The van der Waals surface area contributed by atoms with Gasteiger partial charge in [0.25, 0.3) is 0 Å². The molecule has 1 heterocycles. The van der Waals surface area contributed by atoms with Gasteiger partial charge >= 0.3 is 0 Å². The molecule has 2 heteroatoms. The zero-order chi connectivity index (χ0) is 10.6. The molecule has 0 saturated carbocycles. The van der Waals surface area contributed by atoms with Gasteiger partial charge in [-0.1, -0.05) is 13.3 Å². The molecule has 1 aliphatic rings. The van der Waals surface area contributed by atoms with Crippen molar-refractivity contribution in [2.75, 3.05) is 0 Å². The Bertz CT molecular complexity index is 181. The Morgan fingerprint density at radius 1 is 1.29 bits per heavy atom. The summed E-state index contributed by atoms with van der Waals surface area (Å²) < 4.78 is 0. The van der Waals surface area contributed by atoms with Crippen molar-refractivity contribution in [2.45, 2.75) is 71.4 Å². The van der Waals surface area contributed by atoms with Crippen LogP contribution in [0.3, 0.4) is 0 Å². The summed E-state index contributed by atoms with van der Waals surface area (Å²) in [6.45, 7) is 6.50. The largest absolute Gasteiger partial charge is 0.337 e. The van der Waals surface area contributed by atoms with Crippen molar-refractivity contribution in [3.05, 3.63) is 0 Å². The second kappa shape index (κ2) is 5.38. The predicted molar refractivity (Wildman–Crippen MR) is 59.1 cm³/mol. The van der Waals surface area contributed by atoms with Gasteiger partial charge in [0.15, 0.2) is 0 Å². The van der Waals surface area contributed by atoms with Gasteiger partial charge in [-0.2, -0.15) is 0 Å². The van der Waals surface area contributed by atoms with Crippen molar-refractivity contribution < 1.29 is 4.79 Å². The van der Waals surface area contributed by atoms with Crippen LogP contribution >= 0.6 is 0 Å². The first kappa shape index (κ1) is 11.5. The summed E-state index contributed by atoms with van der Waals surface area (Å²) in [5.41, 5.74) is 0. The summed E-state index contributed by atoms with van der Waals surface area (Å²) in [5.74, 6) is 0.367. The fraction of sp³-hybridized carbons (Fsp3) is 0.917. The number of unbranched alkanes of at least 4 members (excludes halogenated alkanes) is 1. The Hall–Kier alpha value is -0.530. The van der Waals surface area contributed by atoms with Gasteiger partial charge in [0.1, 0.15) is 0 Å². The molecule has 0 radical (unpaired) electrons. The number of hydrogen-bond acceptors (Lipinski definition) is 1. The van der Waals surface area contributed by atoms with Crippen molar-refractivity contribution in [3.8, 4) is 0 Å². The van der Waals surface area contributed by atoms with E-state index in [9.17, 15) is 4.79 Å². The van der Waals surface area contributed by atoms with Crippen molar-refractivity contribution in [2.24, 2.45) is 0 Å². The summed E-state index contributed by atoms with van der Waals surface area (Å²) in [6, 6.07) is 0.922. The first-order chi connectivity index (χ1) is 6.66. The molecular weight excluding hydrogens is 174 g/mol. The molecule has 1 aliphatic heterocycles. The molecule has 1 saturated heterocycles. The number of rotatable bonds is 3. The lowest BCUT2D eigenvalue weighted by Crippen LogP contribution is -2.47. The molecule has 2 nitrogen and oxygen atoms in total. The van der Waals surface area contributed by atoms with Gasteiger partial charge in [0.05, 0.1) is 0 Å². The number of piperidine rings is 1. The van der Waals surface area contributed by atoms with Crippen molar-refractivity contribution >= 4 is 5.91 Å². The van der Waals surface area contributed by atoms with Crippen LogP contribution in [-0.4, -0.2) is 22.9 Å². The maximum absolute atomic E-state index is 11.9. The Labute approximate surface area is 87.7 Å². The van der Waals surface area contributed by atoms with Crippen molar-refractivity contribution in [1.29, 1.82) is 0 Å². The summed E-state index contributed by atoms with van der Waals surface area (Å²) >= 11 is 0. The van der Waals surface area contributed by atoms with Gasteiger partial charge in [0, 0.05) is 18.5 Å². The highest BCUT2D eigenvalue weighted by Gasteiger charge is 2.27. The molecule has 1 rings (SSSR count). The molecular formula is C12H23NO. The molecule has 0 aliphatic carbocycles. The van der Waals surface area contributed by atoms with Gasteiger partial charge in [-0.05, 0) is 39.5 Å². The topological polar surface area (TPSA) is 20.3 Å². The summed E-state index contributed by atoms with van der Waals surface area (Å²) in [4.78, 5) is 14.0. The first-order valence-corrected chi connectivity index (χ1v) is 5.98. The van der Waals surface area contributed by atoms with Crippen LogP contribution in [0.4, 0.5) is 0 Å². The Morgan fingerprint density at radius 3 is 2.36 bits per heavy atom. The van der Waals surface area contributed by atoms with Crippen molar-refractivity contribution in [3.63, 3.8) is 0 Å². The molecule has 0 N–H and O–H groups in total. The molecule has 0 aromatic rings. The number of amides is 1.